The van der Waals surface area contributed by atoms with E-state index in [9.17, 15) is 14.7 Å². The molecule has 176 valence electrons. The third-order valence-electron chi connectivity index (χ3n) is 6.95. The van der Waals surface area contributed by atoms with E-state index in [4.69, 9.17) is 0 Å². The first-order valence-electron chi connectivity index (χ1n) is 11.6. The van der Waals surface area contributed by atoms with E-state index in [0.717, 1.165) is 36.4 Å². The molecule has 8 heteroatoms. The van der Waals surface area contributed by atoms with E-state index in [2.05, 4.69) is 15.2 Å². The molecule has 0 spiro atoms. The number of phenolic OH excluding ortho intramolecular Hbond substituents is 1. The summed E-state index contributed by atoms with van der Waals surface area (Å²) in [5.74, 6) is 0.0345. The van der Waals surface area contributed by atoms with Gasteiger partial charge in [0, 0.05) is 29.7 Å². The average Bonchev–Trinajstić information content (AvgIpc) is 3.47. The first-order valence-corrected chi connectivity index (χ1v) is 12.5. The summed E-state index contributed by atoms with van der Waals surface area (Å²) in [6.45, 7) is 2.55. The van der Waals surface area contributed by atoms with Gasteiger partial charge in [-0.25, -0.2) is 4.79 Å². The van der Waals surface area contributed by atoms with E-state index >= 15 is 0 Å². The molecular weight excluding hydrogens is 448 g/mol. The molecule has 1 aromatic carbocycles. The number of urea groups is 1. The van der Waals surface area contributed by atoms with Crippen LogP contribution in [0.4, 0.5) is 4.79 Å². The van der Waals surface area contributed by atoms with Crippen LogP contribution in [0.2, 0.25) is 0 Å². The highest BCUT2D eigenvalue weighted by Gasteiger charge is 2.57. The highest BCUT2D eigenvalue weighted by Crippen LogP contribution is 2.41. The summed E-state index contributed by atoms with van der Waals surface area (Å²) < 4.78 is 0. The summed E-state index contributed by atoms with van der Waals surface area (Å²) in [7, 11) is 0. The zero-order chi connectivity index (χ0) is 23.5. The highest BCUT2D eigenvalue weighted by atomic mass is 32.1. The number of pyridine rings is 1. The van der Waals surface area contributed by atoms with E-state index in [0.29, 0.717) is 31.0 Å². The number of carbonyl (C=O) groups excluding carboxylic acids is 2. The number of nitrogens with one attached hydrogen (secondary N) is 1. The Morgan fingerprint density at radius 3 is 2.56 bits per heavy atom. The van der Waals surface area contributed by atoms with Crippen LogP contribution in [-0.4, -0.2) is 51.5 Å². The molecule has 2 N–H and O–H groups in total. The van der Waals surface area contributed by atoms with E-state index in [1.54, 1.807) is 23.6 Å². The summed E-state index contributed by atoms with van der Waals surface area (Å²) in [4.78, 5) is 36.2. The minimum Gasteiger partial charge on any atom is -0.508 e. The second-order valence-electron chi connectivity index (χ2n) is 8.92. The third kappa shape index (κ3) is 4.19. The quantitative estimate of drug-likeness (QED) is 0.508. The van der Waals surface area contributed by atoms with Crippen molar-refractivity contribution >= 4 is 23.3 Å². The number of amides is 3. The molecule has 4 heterocycles. The van der Waals surface area contributed by atoms with Gasteiger partial charge in [-0.05, 0) is 67.9 Å². The molecule has 2 fully saturated rings. The number of rotatable bonds is 7. The Labute approximate surface area is 203 Å². The monoisotopic (exact) mass is 476 g/mol. The van der Waals surface area contributed by atoms with Crippen molar-refractivity contribution in [1.29, 1.82) is 0 Å². The van der Waals surface area contributed by atoms with Crippen LogP contribution in [0.5, 0.6) is 5.75 Å². The number of hydrogen-bond acceptors (Lipinski definition) is 6. The number of imide groups is 1. The highest BCUT2D eigenvalue weighted by molar-refractivity contribution is 7.09. The van der Waals surface area contributed by atoms with Gasteiger partial charge in [0.25, 0.3) is 5.91 Å². The number of benzene rings is 1. The fraction of sp³-hybridized carbons (Fsp3) is 0.346. The maximum absolute atomic E-state index is 13.9. The van der Waals surface area contributed by atoms with Crippen LogP contribution in [0, 0.1) is 5.92 Å². The van der Waals surface area contributed by atoms with Crippen molar-refractivity contribution in [1.82, 2.24) is 20.1 Å². The van der Waals surface area contributed by atoms with Crippen molar-refractivity contribution < 1.29 is 14.7 Å². The number of para-hydroxylation sites is 1. The van der Waals surface area contributed by atoms with Crippen LogP contribution in [0.3, 0.4) is 0 Å². The molecule has 0 saturated carbocycles. The molecule has 2 saturated heterocycles. The fourth-order valence-corrected chi connectivity index (χ4v) is 5.84. The number of nitrogens with zero attached hydrogens (tertiary/aromatic N) is 3. The summed E-state index contributed by atoms with van der Waals surface area (Å²) in [5.41, 5.74) is 0.353. The Morgan fingerprint density at radius 1 is 1.06 bits per heavy atom. The van der Waals surface area contributed by atoms with Crippen LogP contribution in [0.15, 0.2) is 66.2 Å². The minimum absolute atomic E-state index is 0.0637. The number of phenols is 1. The molecule has 0 bridgehead atoms. The molecule has 34 heavy (non-hydrogen) atoms. The average molecular weight is 477 g/mol. The lowest BCUT2D eigenvalue weighted by molar-refractivity contribution is -0.134. The van der Waals surface area contributed by atoms with Crippen molar-refractivity contribution in [2.24, 2.45) is 5.92 Å². The molecule has 2 aromatic heterocycles. The molecule has 0 aliphatic carbocycles. The Hall–Kier alpha value is -3.23. The van der Waals surface area contributed by atoms with Gasteiger partial charge in [0.2, 0.25) is 0 Å². The van der Waals surface area contributed by atoms with Gasteiger partial charge in [0.05, 0.1) is 5.69 Å². The summed E-state index contributed by atoms with van der Waals surface area (Å²) in [6.07, 6.45) is 3.82. The van der Waals surface area contributed by atoms with Crippen molar-refractivity contribution in [2.75, 3.05) is 19.6 Å². The molecule has 2 aliphatic heterocycles. The van der Waals surface area contributed by atoms with E-state index in [1.807, 2.05) is 53.9 Å². The lowest BCUT2D eigenvalue weighted by atomic mass is 9.75. The van der Waals surface area contributed by atoms with Crippen molar-refractivity contribution in [3.8, 4) is 5.75 Å². The van der Waals surface area contributed by atoms with Crippen molar-refractivity contribution in [3.63, 3.8) is 0 Å². The SMILES string of the molecule is O=C1NC(c2ccccn2)(C2CCN(Cc3ccccc3O)CC2)C(=O)N1CCc1cccs1. The van der Waals surface area contributed by atoms with Crippen molar-refractivity contribution in [2.45, 2.75) is 31.3 Å². The Morgan fingerprint density at radius 2 is 1.85 bits per heavy atom. The predicted molar refractivity (Wildman–Crippen MR) is 130 cm³/mol. The number of piperidine rings is 1. The number of carbonyl (C=O) groups is 2. The summed E-state index contributed by atoms with van der Waals surface area (Å²) >= 11 is 1.63. The molecular formula is C26H28N4O3S. The standard InChI is InChI=1S/C26H28N4O3S/c31-22-8-2-1-6-19(22)18-29-14-10-20(11-15-29)26(23-9-3-4-13-27-23)24(32)30(25(33)28-26)16-12-21-7-5-17-34-21/h1-9,13,17,20,31H,10-12,14-16,18H2,(H,28,33). The number of aromatic nitrogens is 1. The van der Waals surface area contributed by atoms with Crippen LogP contribution < -0.4 is 5.32 Å². The Kier molecular flexibility index (Phi) is 6.34. The molecule has 3 amide bonds. The smallest absolute Gasteiger partial charge is 0.325 e. The van der Waals surface area contributed by atoms with E-state index in [1.165, 1.54) is 4.90 Å². The predicted octanol–water partition coefficient (Wildman–Crippen LogP) is 3.75. The van der Waals surface area contributed by atoms with Gasteiger partial charge < -0.3 is 10.4 Å². The fourth-order valence-electron chi connectivity index (χ4n) is 5.14. The first-order chi connectivity index (χ1) is 16.6. The second kappa shape index (κ2) is 9.56. The summed E-state index contributed by atoms with van der Waals surface area (Å²) in [6, 6.07) is 16.6. The molecule has 1 unspecified atom stereocenters. The van der Waals surface area contributed by atoms with E-state index in [-0.39, 0.29) is 17.9 Å². The number of hydrogen-bond donors (Lipinski definition) is 2. The topological polar surface area (TPSA) is 85.8 Å². The van der Waals surface area contributed by atoms with Crippen LogP contribution in [0.25, 0.3) is 0 Å². The van der Waals surface area contributed by atoms with Crippen LogP contribution >= 0.6 is 11.3 Å². The molecule has 2 aliphatic rings. The zero-order valence-electron chi connectivity index (χ0n) is 18.9. The zero-order valence-corrected chi connectivity index (χ0v) is 19.7. The van der Waals surface area contributed by atoms with Gasteiger partial charge in [0.15, 0.2) is 5.54 Å². The lowest BCUT2D eigenvalue weighted by Crippen LogP contribution is -2.54. The number of likely N-dealkylation sites (tertiary alicyclic amines) is 1. The Balaban J connectivity index is 1.35. The van der Waals surface area contributed by atoms with Gasteiger partial charge in [-0.1, -0.05) is 30.3 Å². The lowest BCUT2D eigenvalue weighted by Gasteiger charge is -2.40. The third-order valence-corrected chi connectivity index (χ3v) is 7.88. The Bertz CT molecular complexity index is 1150. The molecule has 3 aromatic rings. The van der Waals surface area contributed by atoms with E-state index < -0.39 is 5.54 Å². The first kappa shape index (κ1) is 22.6. The second-order valence-corrected chi connectivity index (χ2v) is 9.95. The van der Waals surface area contributed by atoms with Crippen LogP contribution in [0.1, 0.15) is 29.0 Å². The number of aromatic hydroxyl groups is 1. The van der Waals surface area contributed by atoms with Crippen LogP contribution in [-0.2, 0) is 23.3 Å². The number of thiophene rings is 1. The maximum Gasteiger partial charge on any atom is 0.325 e. The van der Waals surface area contributed by atoms with Gasteiger partial charge in [-0.2, -0.15) is 0 Å². The molecule has 0 radical (unpaired) electrons. The van der Waals surface area contributed by atoms with Gasteiger partial charge in [-0.3, -0.25) is 19.6 Å². The van der Waals surface area contributed by atoms with Gasteiger partial charge in [0.1, 0.15) is 5.75 Å². The minimum atomic E-state index is -1.14. The molecule has 5 rings (SSSR count). The largest absolute Gasteiger partial charge is 0.508 e. The van der Waals surface area contributed by atoms with Gasteiger partial charge in [-0.15, -0.1) is 11.3 Å². The maximum atomic E-state index is 13.9. The van der Waals surface area contributed by atoms with Gasteiger partial charge >= 0.3 is 6.03 Å². The molecule has 1 atom stereocenters. The van der Waals surface area contributed by atoms with Crippen molar-refractivity contribution in [3.05, 3.63) is 82.3 Å². The summed E-state index contributed by atoms with van der Waals surface area (Å²) in [5, 5.41) is 15.2. The molecule has 7 nitrogen and oxygen atoms in total. The normalized spacial score (nSPS) is 21.7.